The lowest BCUT2D eigenvalue weighted by molar-refractivity contribution is 0.0678. The monoisotopic (exact) mass is 298 g/mol. The summed E-state index contributed by atoms with van der Waals surface area (Å²) in [7, 11) is 4.27. The maximum atomic E-state index is 6.70. The number of rotatable bonds is 4. The highest BCUT2D eigenvalue weighted by Gasteiger charge is 2.43. The van der Waals surface area contributed by atoms with Crippen molar-refractivity contribution in [2.75, 3.05) is 14.1 Å². The Hall–Kier alpha value is -0.580. The molecule has 1 aromatic heterocycles. The summed E-state index contributed by atoms with van der Waals surface area (Å²) in [4.78, 5) is 2.30. The van der Waals surface area contributed by atoms with Crippen LogP contribution in [0.1, 0.15) is 63.7 Å². The number of likely N-dealkylation sites (N-methyl/N-ethyl adjacent to an activating group) is 1. The molecule has 20 heavy (non-hydrogen) atoms. The third-order valence-electron chi connectivity index (χ3n) is 4.76. The normalized spacial score (nSPS) is 20.6. The van der Waals surface area contributed by atoms with E-state index in [2.05, 4.69) is 37.9 Å². The first-order valence-electron chi connectivity index (χ1n) is 7.56. The smallest absolute Gasteiger partial charge is 0.0834 e. The lowest BCUT2D eigenvalue weighted by Crippen LogP contribution is -2.54. The molecular formula is C15H27ClN4. The Balaban J connectivity index is 2.42. The van der Waals surface area contributed by atoms with E-state index in [9.17, 15) is 0 Å². The Kier molecular flexibility index (Phi) is 4.77. The molecule has 0 aliphatic heterocycles. The molecule has 0 spiro atoms. The Bertz CT molecular complexity index is 447. The van der Waals surface area contributed by atoms with Gasteiger partial charge in [-0.2, -0.15) is 5.10 Å². The van der Waals surface area contributed by atoms with Gasteiger partial charge in [0.25, 0.3) is 0 Å². The van der Waals surface area contributed by atoms with E-state index in [-0.39, 0.29) is 17.6 Å². The van der Waals surface area contributed by atoms with Crippen LogP contribution in [-0.4, -0.2) is 34.3 Å². The molecule has 1 unspecified atom stereocenters. The first kappa shape index (κ1) is 15.8. The molecule has 1 aromatic rings. The number of nitrogens with two attached hydrogens (primary N) is 1. The first-order valence-corrected chi connectivity index (χ1v) is 7.94. The number of halogens is 1. The fraction of sp³-hybridized carbons (Fsp3) is 0.800. The molecule has 4 nitrogen and oxygen atoms in total. The van der Waals surface area contributed by atoms with Crippen LogP contribution >= 0.6 is 11.6 Å². The van der Waals surface area contributed by atoms with Crippen molar-refractivity contribution in [2.45, 2.75) is 63.6 Å². The number of hydrogen-bond donors (Lipinski definition) is 1. The maximum absolute atomic E-state index is 6.70. The van der Waals surface area contributed by atoms with E-state index in [0.29, 0.717) is 5.02 Å². The summed E-state index contributed by atoms with van der Waals surface area (Å²) in [5.41, 5.74) is 7.68. The zero-order chi connectivity index (χ0) is 14.9. The maximum Gasteiger partial charge on any atom is 0.0834 e. The van der Waals surface area contributed by atoms with Gasteiger partial charge in [-0.05, 0) is 40.8 Å². The minimum Gasteiger partial charge on any atom is -0.321 e. The van der Waals surface area contributed by atoms with Gasteiger partial charge in [0.2, 0.25) is 0 Å². The summed E-state index contributed by atoms with van der Waals surface area (Å²) in [6, 6.07) is 0.168. The predicted octanol–water partition coefficient (Wildman–Crippen LogP) is 3.38. The largest absolute Gasteiger partial charge is 0.321 e. The van der Waals surface area contributed by atoms with E-state index in [0.717, 1.165) is 18.5 Å². The quantitative estimate of drug-likeness (QED) is 0.927. The molecule has 5 heteroatoms. The molecule has 2 N–H and O–H groups in total. The lowest BCUT2D eigenvalue weighted by Gasteiger charge is -2.47. The van der Waals surface area contributed by atoms with E-state index in [1.54, 1.807) is 6.20 Å². The van der Waals surface area contributed by atoms with Crippen molar-refractivity contribution in [1.29, 1.82) is 0 Å². The Morgan fingerprint density at radius 1 is 1.30 bits per heavy atom. The van der Waals surface area contributed by atoms with Crippen LogP contribution in [0.2, 0.25) is 5.02 Å². The van der Waals surface area contributed by atoms with Gasteiger partial charge in [0, 0.05) is 11.6 Å². The van der Waals surface area contributed by atoms with E-state index < -0.39 is 0 Å². The van der Waals surface area contributed by atoms with Crippen LogP contribution in [0.15, 0.2) is 6.20 Å². The molecule has 0 saturated heterocycles. The summed E-state index contributed by atoms with van der Waals surface area (Å²) >= 11 is 6.39. The van der Waals surface area contributed by atoms with Crippen molar-refractivity contribution in [3.05, 3.63) is 16.9 Å². The van der Waals surface area contributed by atoms with Crippen molar-refractivity contribution >= 4 is 11.6 Å². The van der Waals surface area contributed by atoms with Crippen molar-refractivity contribution in [3.8, 4) is 0 Å². The molecule has 1 aliphatic rings. The lowest BCUT2D eigenvalue weighted by atomic mass is 9.74. The highest BCUT2D eigenvalue weighted by molar-refractivity contribution is 6.31. The molecule has 2 rings (SSSR count). The highest BCUT2D eigenvalue weighted by Crippen LogP contribution is 2.42. The predicted molar refractivity (Wildman–Crippen MR) is 84.1 cm³/mol. The van der Waals surface area contributed by atoms with Crippen LogP contribution in [0, 0.1) is 0 Å². The average molecular weight is 299 g/mol. The molecule has 0 bridgehead atoms. The highest BCUT2D eigenvalue weighted by atomic mass is 35.5. The second kappa shape index (κ2) is 6.04. The molecule has 1 saturated carbocycles. The van der Waals surface area contributed by atoms with Gasteiger partial charge in [-0.3, -0.25) is 4.68 Å². The molecule has 0 amide bonds. The molecule has 0 aromatic carbocycles. The molecule has 1 heterocycles. The minimum absolute atomic E-state index is 0.00539. The van der Waals surface area contributed by atoms with E-state index in [1.165, 1.54) is 19.3 Å². The van der Waals surface area contributed by atoms with Gasteiger partial charge in [0.15, 0.2) is 0 Å². The fourth-order valence-electron chi connectivity index (χ4n) is 3.51. The van der Waals surface area contributed by atoms with Crippen molar-refractivity contribution < 1.29 is 0 Å². The zero-order valence-electron chi connectivity index (χ0n) is 13.1. The van der Waals surface area contributed by atoms with Crippen molar-refractivity contribution in [3.63, 3.8) is 0 Å². The average Bonchev–Trinajstić information content (AvgIpc) is 2.80. The number of aromatic nitrogens is 2. The second-order valence-corrected chi connectivity index (χ2v) is 6.86. The van der Waals surface area contributed by atoms with Gasteiger partial charge in [-0.15, -0.1) is 0 Å². The Morgan fingerprint density at radius 2 is 1.90 bits per heavy atom. The van der Waals surface area contributed by atoms with E-state index in [4.69, 9.17) is 17.3 Å². The summed E-state index contributed by atoms with van der Waals surface area (Å²) in [6.07, 6.45) is 7.75. The Morgan fingerprint density at radius 3 is 2.40 bits per heavy atom. The minimum atomic E-state index is -0.102. The van der Waals surface area contributed by atoms with Crippen LogP contribution in [0.3, 0.4) is 0 Å². The van der Waals surface area contributed by atoms with Crippen LogP contribution in [0.4, 0.5) is 0 Å². The van der Waals surface area contributed by atoms with E-state index >= 15 is 0 Å². The fourth-order valence-corrected chi connectivity index (χ4v) is 3.76. The molecule has 1 atom stereocenters. The summed E-state index contributed by atoms with van der Waals surface area (Å²) in [5, 5.41) is 5.10. The van der Waals surface area contributed by atoms with Gasteiger partial charge in [0.1, 0.15) is 0 Å². The summed E-state index contributed by atoms with van der Waals surface area (Å²) in [6.45, 7) is 4.23. The van der Waals surface area contributed by atoms with E-state index in [1.807, 2.05) is 4.68 Å². The summed E-state index contributed by atoms with van der Waals surface area (Å²) in [5.74, 6) is 0. The third-order valence-corrected chi connectivity index (χ3v) is 5.05. The molecular weight excluding hydrogens is 272 g/mol. The SMILES string of the molecule is CC(C)n1ncc(Cl)c1C(N)C1(N(C)C)CCCCC1. The molecule has 1 fully saturated rings. The van der Waals surface area contributed by atoms with Gasteiger partial charge in [-0.1, -0.05) is 30.9 Å². The Labute approximate surface area is 127 Å². The van der Waals surface area contributed by atoms with Crippen LogP contribution in [-0.2, 0) is 0 Å². The summed E-state index contributed by atoms with van der Waals surface area (Å²) < 4.78 is 1.98. The zero-order valence-corrected chi connectivity index (χ0v) is 13.8. The topological polar surface area (TPSA) is 47.1 Å². The van der Waals surface area contributed by atoms with Gasteiger partial charge in [-0.25, -0.2) is 0 Å². The van der Waals surface area contributed by atoms with Crippen LogP contribution < -0.4 is 5.73 Å². The molecule has 1 aliphatic carbocycles. The van der Waals surface area contributed by atoms with Crippen molar-refractivity contribution in [1.82, 2.24) is 14.7 Å². The second-order valence-electron chi connectivity index (χ2n) is 6.45. The van der Waals surface area contributed by atoms with Crippen LogP contribution in [0.5, 0.6) is 0 Å². The van der Waals surface area contributed by atoms with Crippen molar-refractivity contribution in [2.24, 2.45) is 5.73 Å². The van der Waals surface area contributed by atoms with Gasteiger partial charge in [0.05, 0.1) is 23.0 Å². The standard InChI is InChI=1S/C15H27ClN4/c1-11(2)20-13(12(16)10-18-20)14(17)15(19(3)4)8-6-5-7-9-15/h10-11,14H,5-9,17H2,1-4H3. The van der Waals surface area contributed by atoms with Gasteiger partial charge < -0.3 is 10.6 Å². The third kappa shape index (κ3) is 2.61. The number of nitrogens with zero attached hydrogens (tertiary/aromatic N) is 3. The molecule has 114 valence electrons. The van der Waals surface area contributed by atoms with Crippen LogP contribution in [0.25, 0.3) is 0 Å². The first-order chi connectivity index (χ1) is 9.40. The van der Waals surface area contributed by atoms with Gasteiger partial charge >= 0.3 is 0 Å². The molecule has 0 radical (unpaired) electrons. The number of hydrogen-bond acceptors (Lipinski definition) is 3.